The highest BCUT2D eigenvalue weighted by atomic mass is 28.4. The molecule has 0 rings (SSSR count). The summed E-state index contributed by atoms with van der Waals surface area (Å²) in [6.07, 6.45) is 13.2. The van der Waals surface area contributed by atoms with Crippen LogP contribution in [0.2, 0.25) is 12.6 Å². The molecule has 0 aromatic carbocycles. The summed E-state index contributed by atoms with van der Waals surface area (Å²) in [7, 11) is 1.50. The van der Waals surface area contributed by atoms with Gasteiger partial charge in [-0.1, -0.05) is 72.1 Å². The van der Waals surface area contributed by atoms with E-state index < -0.39 is 8.56 Å². The SMILES string of the molecule is CCCCCCC.CCCCCCOC.CCO[Si](C)(CCCOCCOC)OCC. The highest BCUT2D eigenvalue weighted by Crippen LogP contribution is 2.15. The highest BCUT2D eigenvalue weighted by Gasteiger charge is 2.29. The van der Waals surface area contributed by atoms with Crippen molar-refractivity contribution in [3.05, 3.63) is 0 Å². The quantitative estimate of drug-likeness (QED) is 0.138. The van der Waals surface area contributed by atoms with Gasteiger partial charge in [0.15, 0.2) is 0 Å². The van der Waals surface area contributed by atoms with Gasteiger partial charge in [-0.05, 0) is 39.3 Å². The van der Waals surface area contributed by atoms with E-state index in [4.69, 9.17) is 23.1 Å². The molecule has 0 spiro atoms. The number of unbranched alkanes of at least 4 members (excludes halogenated alkanes) is 7. The molecular formula is C25H58O5Si. The molecule has 0 aliphatic carbocycles. The van der Waals surface area contributed by atoms with E-state index in [1.807, 2.05) is 13.8 Å². The van der Waals surface area contributed by atoms with E-state index in [1.54, 1.807) is 14.2 Å². The highest BCUT2D eigenvalue weighted by molar-refractivity contribution is 6.66. The fraction of sp³-hybridized carbons (Fsp3) is 1.00. The number of hydrogen-bond donors (Lipinski definition) is 0. The summed E-state index contributed by atoms with van der Waals surface area (Å²) < 4.78 is 26.7. The Bertz CT molecular complexity index is 277. The van der Waals surface area contributed by atoms with Crippen molar-refractivity contribution in [1.82, 2.24) is 0 Å². The molecule has 192 valence electrons. The molecule has 0 aliphatic heterocycles. The van der Waals surface area contributed by atoms with E-state index in [9.17, 15) is 0 Å². The van der Waals surface area contributed by atoms with Crippen LogP contribution >= 0.6 is 0 Å². The van der Waals surface area contributed by atoms with Crippen molar-refractivity contribution in [2.75, 3.05) is 53.9 Å². The van der Waals surface area contributed by atoms with Crippen molar-refractivity contribution in [2.24, 2.45) is 0 Å². The van der Waals surface area contributed by atoms with E-state index in [1.165, 1.54) is 57.8 Å². The van der Waals surface area contributed by atoms with Gasteiger partial charge in [0, 0.05) is 40.6 Å². The average molecular weight is 467 g/mol. The zero-order valence-corrected chi connectivity index (χ0v) is 23.6. The third-order valence-corrected chi connectivity index (χ3v) is 7.72. The molecular weight excluding hydrogens is 408 g/mol. The summed E-state index contributed by atoms with van der Waals surface area (Å²) >= 11 is 0. The molecule has 31 heavy (non-hydrogen) atoms. The molecule has 0 atom stereocenters. The minimum atomic E-state index is -1.93. The minimum absolute atomic E-state index is 0.658. The first kappa shape index (κ1) is 35.6. The van der Waals surface area contributed by atoms with E-state index in [-0.39, 0.29) is 0 Å². The van der Waals surface area contributed by atoms with E-state index in [0.717, 1.165) is 38.9 Å². The molecule has 0 saturated heterocycles. The molecule has 5 nitrogen and oxygen atoms in total. The minimum Gasteiger partial charge on any atom is -0.395 e. The topological polar surface area (TPSA) is 46.2 Å². The van der Waals surface area contributed by atoms with Crippen LogP contribution in [0.4, 0.5) is 0 Å². The van der Waals surface area contributed by atoms with Crippen LogP contribution in [0.3, 0.4) is 0 Å². The Labute approximate surface area is 197 Å². The third-order valence-electron chi connectivity index (χ3n) is 4.66. The smallest absolute Gasteiger partial charge is 0.334 e. The van der Waals surface area contributed by atoms with Gasteiger partial charge in [0.2, 0.25) is 0 Å². The predicted octanol–water partition coefficient (Wildman–Crippen LogP) is 7.37. The van der Waals surface area contributed by atoms with Crippen molar-refractivity contribution < 1.29 is 23.1 Å². The first-order valence-electron chi connectivity index (χ1n) is 12.8. The molecule has 6 heteroatoms. The van der Waals surface area contributed by atoms with Crippen LogP contribution in [0.25, 0.3) is 0 Å². The van der Waals surface area contributed by atoms with Crippen molar-refractivity contribution in [3.8, 4) is 0 Å². The van der Waals surface area contributed by atoms with Gasteiger partial charge in [0.05, 0.1) is 13.2 Å². The second-order valence-electron chi connectivity index (χ2n) is 7.82. The molecule has 0 radical (unpaired) electrons. The predicted molar refractivity (Wildman–Crippen MR) is 137 cm³/mol. The summed E-state index contributed by atoms with van der Waals surface area (Å²) in [5, 5.41) is 0. The number of rotatable bonds is 20. The lowest BCUT2D eigenvalue weighted by atomic mass is 10.2. The lowest BCUT2D eigenvalue weighted by Gasteiger charge is -2.25. The zero-order valence-electron chi connectivity index (χ0n) is 22.6. The third kappa shape index (κ3) is 34.8. The van der Waals surface area contributed by atoms with Crippen molar-refractivity contribution in [2.45, 2.75) is 111 Å². The van der Waals surface area contributed by atoms with Gasteiger partial charge in [0.25, 0.3) is 0 Å². The Kier molecular flexibility index (Phi) is 37.0. The van der Waals surface area contributed by atoms with E-state index in [0.29, 0.717) is 13.2 Å². The van der Waals surface area contributed by atoms with Crippen molar-refractivity contribution in [1.29, 1.82) is 0 Å². The monoisotopic (exact) mass is 466 g/mol. The maximum Gasteiger partial charge on any atom is 0.334 e. The van der Waals surface area contributed by atoms with Crippen molar-refractivity contribution >= 4 is 8.56 Å². The Hall–Kier alpha value is 0.0169. The van der Waals surface area contributed by atoms with Gasteiger partial charge in [0.1, 0.15) is 0 Å². The van der Waals surface area contributed by atoms with Gasteiger partial charge in [-0.25, -0.2) is 0 Å². The fourth-order valence-electron chi connectivity index (χ4n) is 2.89. The Morgan fingerprint density at radius 1 is 0.516 bits per heavy atom. The lowest BCUT2D eigenvalue weighted by Crippen LogP contribution is -2.38. The molecule has 0 fully saturated rings. The lowest BCUT2D eigenvalue weighted by molar-refractivity contribution is 0.0695. The van der Waals surface area contributed by atoms with Gasteiger partial charge in [-0.3, -0.25) is 0 Å². The average Bonchev–Trinajstić information content (AvgIpc) is 2.75. The molecule has 0 N–H and O–H groups in total. The van der Waals surface area contributed by atoms with Crippen LogP contribution < -0.4 is 0 Å². The van der Waals surface area contributed by atoms with Crippen LogP contribution in [-0.4, -0.2) is 62.4 Å². The fourth-order valence-corrected chi connectivity index (χ4v) is 5.27. The van der Waals surface area contributed by atoms with Crippen LogP contribution in [0.5, 0.6) is 0 Å². The maximum absolute atomic E-state index is 5.73. The first-order valence-corrected chi connectivity index (χ1v) is 15.4. The Morgan fingerprint density at radius 3 is 1.42 bits per heavy atom. The van der Waals surface area contributed by atoms with Gasteiger partial charge < -0.3 is 23.1 Å². The maximum atomic E-state index is 5.73. The van der Waals surface area contributed by atoms with Crippen LogP contribution in [-0.2, 0) is 23.1 Å². The van der Waals surface area contributed by atoms with E-state index >= 15 is 0 Å². The largest absolute Gasteiger partial charge is 0.395 e. The summed E-state index contributed by atoms with van der Waals surface area (Å²) in [6.45, 7) is 17.3. The second-order valence-corrected chi connectivity index (χ2v) is 11.2. The van der Waals surface area contributed by atoms with E-state index in [2.05, 4.69) is 27.3 Å². The summed E-state index contributed by atoms with van der Waals surface area (Å²) in [5.74, 6) is 0. The summed E-state index contributed by atoms with van der Waals surface area (Å²) in [5.41, 5.74) is 0. The molecule has 0 aromatic heterocycles. The normalized spacial score (nSPS) is 10.8. The molecule has 0 unspecified atom stereocenters. The first-order chi connectivity index (χ1) is 15.0. The van der Waals surface area contributed by atoms with Gasteiger partial charge >= 0.3 is 8.56 Å². The van der Waals surface area contributed by atoms with Crippen molar-refractivity contribution in [3.63, 3.8) is 0 Å². The number of ether oxygens (including phenoxy) is 3. The summed E-state index contributed by atoms with van der Waals surface area (Å²) in [4.78, 5) is 0. The Morgan fingerprint density at radius 2 is 1.00 bits per heavy atom. The molecule has 0 aromatic rings. The van der Waals surface area contributed by atoms with Crippen LogP contribution in [0, 0.1) is 0 Å². The standard InChI is InChI=1S/C11H26O4Si.C7H16O.C7H16/c1-5-14-16(4,15-6-2)11-7-8-13-10-9-12-3;1-3-4-5-6-7-8-2;1-3-5-7-6-4-2/h5-11H2,1-4H3;3-7H2,1-2H3;3-7H2,1-2H3. The molecule has 0 heterocycles. The zero-order chi connectivity index (χ0) is 24.1. The van der Waals surface area contributed by atoms with Gasteiger partial charge in [-0.2, -0.15) is 0 Å². The van der Waals surface area contributed by atoms with Gasteiger partial charge in [-0.15, -0.1) is 0 Å². The number of methoxy groups -OCH3 is 2. The second kappa shape index (κ2) is 32.2. The van der Waals surface area contributed by atoms with Crippen LogP contribution in [0.15, 0.2) is 0 Å². The molecule has 0 aliphatic rings. The molecule has 0 saturated carbocycles. The van der Waals surface area contributed by atoms with Crippen LogP contribution in [0.1, 0.15) is 98.8 Å². The Balaban J connectivity index is -0.000000435. The number of hydrogen-bond acceptors (Lipinski definition) is 5. The molecule has 0 bridgehead atoms. The summed E-state index contributed by atoms with van der Waals surface area (Å²) in [6, 6.07) is 0.988. The molecule has 0 amide bonds.